The van der Waals surface area contributed by atoms with Crippen LogP contribution in [0.5, 0.6) is 5.75 Å². The average Bonchev–Trinajstić information content (AvgIpc) is 2.73. The Bertz CT molecular complexity index is 1000. The molecule has 0 aromatic heterocycles. The summed E-state index contributed by atoms with van der Waals surface area (Å²) in [7, 11) is 1.71. The van der Waals surface area contributed by atoms with Gasteiger partial charge in [-0.05, 0) is 69.0 Å². The number of amides is 1. The summed E-state index contributed by atoms with van der Waals surface area (Å²) in [5.74, 6) is -0.248. The van der Waals surface area contributed by atoms with Crippen LogP contribution in [0.15, 0.2) is 48.0 Å². The normalized spacial score (nSPS) is 11.8. The van der Waals surface area contributed by atoms with Gasteiger partial charge in [0, 0.05) is 24.7 Å². The predicted octanol–water partition coefficient (Wildman–Crippen LogP) is 6.39. The number of hydrogen-bond acceptors (Lipinski definition) is 4. The first-order valence-electron chi connectivity index (χ1n) is 11.2. The minimum atomic E-state index is -0.950. The van der Waals surface area contributed by atoms with Gasteiger partial charge in [-0.15, -0.1) is 0 Å². The van der Waals surface area contributed by atoms with Crippen molar-refractivity contribution in [3.8, 4) is 16.9 Å². The number of benzene rings is 2. The van der Waals surface area contributed by atoms with E-state index in [0.29, 0.717) is 18.9 Å². The largest absolute Gasteiger partial charge is 0.493 e. The van der Waals surface area contributed by atoms with E-state index in [-0.39, 0.29) is 11.7 Å². The topological polar surface area (TPSA) is 76.1 Å². The molecule has 6 nitrogen and oxygen atoms in total. The number of nitrogens with zero attached hydrogens (tertiary/aromatic N) is 1. The Balaban J connectivity index is 2.33. The van der Waals surface area contributed by atoms with E-state index >= 15 is 0 Å². The molecule has 178 valence electrons. The lowest BCUT2D eigenvalue weighted by Crippen LogP contribution is -2.33. The second-order valence-corrected chi connectivity index (χ2v) is 9.13. The average molecular weight is 454 g/mol. The summed E-state index contributed by atoms with van der Waals surface area (Å²) in [6.45, 7) is 10.2. The van der Waals surface area contributed by atoms with E-state index in [9.17, 15) is 14.7 Å². The summed E-state index contributed by atoms with van der Waals surface area (Å²) in [6.07, 6.45) is 3.19. The zero-order chi connectivity index (χ0) is 24.6. The molecule has 1 N–H and O–H groups in total. The maximum absolute atomic E-state index is 12.3. The number of aliphatic carboxylic acids is 1. The van der Waals surface area contributed by atoms with E-state index in [4.69, 9.17) is 9.47 Å². The highest BCUT2D eigenvalue weighted by molar-refractivity contribution is 5.91. The van der Waals surface area contributed by atoms with Crippen molar-refractivity contribution in [1.82, 2.24) is 4.90 Å². The van der Waals surface area contributed by atoms with E-state index in [0.717, 1.165) is 35.1 Å². The maximum Gasteiger partial charge on any atom is 0.410 e. The molecule has 0 spiro atoms. The zero-order valence-corrected chi connectivity index (χ0v) is 20.5. The fourth-order valence-corrected chi connectivity index (χ4v) is 3.14. The lowest BCUT2D eigenvalue weighted by atomic mass is 9.99. The van der Waals surface area contributed by atoms with Crippen molar-refractivity contribution in [3.05, 3.63) is 59.2 Å². The van der Waals surface area contributed by atoms with E-state index in [1.54, 1.807) is 24.9 Å². The summed E-state index contributed by atoms with van der Waals surface area (Å²) >= 11 is 0. The molecule has 0 unspecified atom stereocenters. The number of carboxylic acids is 1. The number of carbonyl (C=O) groups excluding carboxylic acids is 1. The van der Waals surface area contributed by atoms with Gasteiger partial charge in [-0.3, -0.25) is 0 Å². The second kappa shape index (κ2) is 11.5. The highest BCUT2D eigenvalue weighted by atomic mass is 16.6. The minimum Gasteiger partial charge on any atom is -0.493 e. The van der Waals surface area contributed by atoms with Gasteiger partial charge in [0.25, 0.3) is 0 Å². The van der Waals surface area contributed by atoms with Crippen LogP contribution in [-0.4, -0.2) is 41.3 Å². The number of hydrogen-bond donors (Lipinski definition) is 1. The first kappa shape index (κ1) is 26.0. The Labute approximate surface area is 196 Å². The summed E-state index contributed by atoms with van der Waals surface area (Å²) in [6, 6.07) is 13.6. The van der Waals surface area contributed by atoms with Crippen molar-refractivity contribution in [2.45, 2.75) is 59.6 Å². The van der Waals surface area contributed by atoms with Crippen molar-refractivity contribution in [2.24, 2.45) is 0 Å². The molecule has 2 rings (SSSR count). The van der Waals surface area contributed by atoms with Crippen LogP contribution in [0.4, 0.5) is 4.79 Å². The quantitative estimate of drug-likeness (QED) is 0.352. The van der Waals surface area contributed by atoms with Gasteiger partial charge in [0.05, 0.1) is 6.61 Å². The van der Waals surface area contributed by atoms with E-state index in [2.05, 4.69) is 6.92 Å². The summed E-state index contributed by atoms with van der Waals surface area (Å²) < 4.78 is 11.5. The van der Waals surface area contributed by atoms with Crippen LogP contribution < -0.4 is 4.74 Å². The molecule has 0 heterocycles. The standard InChI is InChI=1S/C27H35NO5/c1-7-8-14-32-24-17-20(15-19(2)25(29)30)12-13-23(24)22-11-9-10-21(16-22)18-28(6)26(31)33-27(3,4)5/h9-13,15-17H,7-8,14,18H2,1-6H3,(H,29,30). The summed E-state index contributed by atoms with van der Waals surface area (Å²) in [5, 5.41) is 9.19. The van der Waals surface area contributed by atoms with Gasteiger partial charge in [-0.2, -0.15) is 0 Å². The van der Waals surface area contributed by atoms with Gasteiger partial charge in [0.15, 0.2) is 0 Å². The van der Waals surface area contributed by atoms with Crippen LogP contribution in [0.25, 0.3) is 17.2 Å². The molecule has 1 amide bonds. The Morgan fingerprint density at radius 1 is 1.12 bits per heavy atom. The SMILES string of the molecule is CCCCOc1cc(C=C(C)C(=O)O)ccc1-c1cccc(CN(C)C(=O)OC(C)(C)C)c1. The second-order valence-electron chi connectivity index (χ2n) is 9.13. The number of unbranched alkanes of at least 4 members (excludes halogenated alkanes) is 1. The lowest BCUT2D eigenvalue weighted by molar-refractivity contribution is -0.132. The van der Waals surface area contributed by atoms with Crippen LogP contribution >= 0.6 is 0 Å². The van der Waals surface area contributed by atoms with Gasteiger partial charge in [0.1, 0.15) is 11.4 Å². The number of ether oxygens (including phenoxy) is 2. The van der Waals surface area contributed by atoms with E-state index in [1.165, 1.54) is 0 Å². The van der Waals surface area contributed by atoms with Crippen molar-refractivity contribution in [1.29, 1.82) is 0 Å². The van der Waals surface area contributed by atoms with Crippen LogP contribution in [-0.2, 0) is 16.1 Å². The first-order valence-corrected chi connectivity index (χ1v) is 11.2. The monoisotopic (exact) mass is 453 g/mol. The number of rotatable bonds is 9. The maximum atomic E-state index is 12.3. The number of carbonyl (C=O) groups is 2. The predicted molar refractivity (Wildman–Crippen MR) is 131 cm³/mol. The molecule has 33 heavy (non-hydrogen) atoms. The van der Waals surface area contributed by atoms with Crippen molar-refractivity contribution >= 4 is 18.1 Å². The van der Waals surface area contributed by atoms with Crippen molar-refractivity contribution < 1.29 is 24.2 Å². The molecule has 0 saturated carbocycles. The van der Waals surface area contributed by atoms with Crippen molar-refractivity contribution in [3.63, 3.8) is 0 Å². The van der Waals surface area contributed by atoms with Crippen LogP contribution in [0.2, 0.25) is 0 Å². The van der Waals surface area contributed by atoms with E-state index < -0.39 is 11.6 Å². The fourth-order valence-electron chi connectivity index (χ4n) is 3.14. The van der Waals surface area contributed by atoms with Gasteiger partial charge in [-0.25, -0.2) is 9.59 Å². The van der Waals surface area contributed by atoms with Gasteiger partial charge in [0.2, 0.25) is 0 Å². The molecule has 0 aliphatic carbocycles. The van der Waals surface area contributed by atoms with Gasteiger partial charge >= 0.3 is 12.1 Å². The molecular formula is C27H35NO5. The highest BCUT2D eigenvalue weighted by Crippen LogP contribution is 2.33. The first-order chi connectivity index (χ1) is 15.5. The molecule has 6 heteroatoms. The Morgan fingerprint density at radius 3 is 2.48 bits per heavy atom. The Morgan fingerprint density at radius 2 is 1.85 bits per heavy atom. The summed E-state index contributed by atoms with van der Waals surface area (Å²) in [4.78, 5) is 25.1. The molecule has 0 fully saturated rings. The molecule has 0 saturated heterocycles. The van der Waals surface area contributed by atoms with E-state index in [1.807, 2.05) is 63.2 Å². The van der Waals surface area contributed by atoms with Gasteiger partial charge in [-0.1, -0.05) is 43.7 Å². The summed E-state index contributed by atoms with van der Waals surface area (Å²) in [5.41, 5.74) is 3.32. The minimum absolute atomic E-state index is 0.259. The number of carboxylic acid groups (broad SMARTS) is 1. The molecule has 0 radical (unpaired) electrons. The molecule has 2 aromatic rings. The van der Waals surface area contributed by atoms with Crippen LogP contribution in [0.3, 0.4) is 0 Å². The molecule has 0 bridgehead atoms. The van der Waals surface area contributed by atoms with Crippen LogP contribution in [0, 0.1) is 0 Å². The third-order valence-electron chi connectivity index (χ3n) is 4.84. The third-order valence-corrected chi connectivity index (χ3v) is 4.84. The Hall–Kier alpha value is -3.28. The Kier molecular flexibility index (Phi) is 9.09. The van der Waals surface area contributed by atoms with Crippen LogP contribution in [0.1, 0.15) is 58.6 Å². The molecule has 0 aliphatic heterocycles. The lowest BCUT2D eigenvalue weighted by Gasteiger charge is -2.24. The molecule has 2 aromatic carbocycles. The molecule has 0 aliphatic rings. The zero-order valence-electron chi connectivity index (χ0n) is 20.5. The fraction of sp³-hybridized carbons (Fsp3) is 0.407. The molecule has 0 atom stereocenters. The van der Waals surface area contributed by atoms with Gasteiger partial charge < -0.3 is 19.5 Å². The smallest absolute Gasteiger partial charge is 0.410 e. The van der Waals surface area contributed by atoms with Crippen molar-refractivity contribution in [2.75, 3.05) is 13.7 Å². The third kappa shape index (κ3) is 8.29. The molecular weight excluding hydrogens is 418 g/mol. The highest BCUT2D eigenvalue weighted by Gasteiger charge is 2.20.